The predicted molar refractivity (Wildman–Crippen MR) is 102 cm³/mol. The summed E-state index contributed by atoms with van der Waals surface area (Å²) in [7, 11) is 0. The van der Waals surface area contributed by atoms with Crippen molar-refractivity contribution in [3.8, 4) is 5.75 Å². The lowest BCUT2D eigenvalue weighted by Crippen LogP contribution is -2.44. The van der Waals surface area contributed by atoms with Crippen LogP contribution >= 0.6 is 24.0 Å². The fourth-order valence-electron chi connectivity index (χ4n) is 2.21. The second-order valence-electron chi connectivity index (χ2n) is 5.41. The molecule has 2 aromatic carbocycles. The molecule has 3 rings (SSSR count). The van der Waals surface area contributed by atoms with Crippen LogP contribution in [0.2, 0.25) is 0 Å². The fraction of sp³-hybridized carbons (Fsp3) is 0. The molecule has 0 aromatic heterocycles. The number of carboxylic acid groups (broad SMARTS) is 1. The van der Waals surface area contributed by atoms with Gasteiger partial charge in [0.1, 0.15) is 0 Å². The first-order chi connectivity index (χ1) is 12.8. The van der Waals surface area contributed by atoms with Crippen molar-refractivity contribution in [2.24, 2.45) is 0 Å². The monoisotopic (exact) mass is 399 g/mol. The van der Waals surface area contributed by atoms with E-state index in [1.54, 1.807) is 18.2 Å². The van der Waals surface area contributed by atoms with Gasteiger partial charge in [-0.2, -0.15) is 5.01 Å². The molecule has 1 aliphatic heterocycles. The summed E-state index contributed by atoms with van der Waals surface area (Å²) in [6, 6.07) is 11.2. The Morgan fingerprint density at radius 2 is 1.67 bits per heavy atom. The van der Waals surface area contributed by atoms with E-state index in [0.717, 1.165) is 16.8 Å². The van der Waals surface area contributed by atoms with Crippen LogP contribution in [0.5, 0.6) is 5.75 Å². The Hall–Kier alpha value is -3.17. The number of thioether (sulfide) groups is 1. The fourth-order valence-corrected chi connectivity index (χ4v) is 3.39. The van der Waals surface area contributed by atoms with Crippen LogP contribution in [0.25, 0.3) is 6.08 Å². The van der Waals surface area contributed by atoms with E-state index in [9.17, 15) is 19.5 Å². The van der Waals surface area contributed by atoms with Gasteiger partial charge in [-0.15, -0.1) is 5.75 Å². The largest absolute Gasteiger partial charge is 0.872 e. The molecule has 1 fully saturated rings. The molecule has 0 saturated carbocycles. The van der Waals surface area contributed by atoms with Gasteiger partial charge in [0.25, 0.3) is 11.8 Å². The molecule has 1 aliphatic rings. The highest BCUT2D eigenvalue weighted by atomic mass is 32.2. The number of benzene rings is 2. The molecule has 0 radical (unpaired) electrons. The van der Waals surface area contributed by atoms with Crippen molar-refractivity contribution in [1.29, 1.82) is 0 Å². The molecular weight excluding hydrogens is 388 g/mol. The summed E-state index contributed by atoms with van der Waals surface area (Å²) in [6.45, 7) is 0. The first-order valence-corrected chi connectivity index (χ1v) is 8.77. The molecule has 1 saturated heterocycles. The van der Waals surface area contributed by atoms with E-state index in [1.165, 1.54) is 36.4 Å². The molecular formula is C18H11N2O5S2-. The summed E-state index contributed by atoms with van der Waals surface area (Å²) in [4.78, 5) is 35.9. The van der Waals surface area contributed by atoms with Crippen molar-refractivity contribution in [1.82, 2.24) is 10.4 Å². The number of hydrogen-bond donors (Lipinski definition) is 2. The highest BCUT2D eigenvalue weighted by molar-refractivity contribution is 8.26. The number of hydrogen-bond acceptors (Lipinski definition) is 6. The second-order valence-corrected chi connectivity index (χ2v) is 7.09. The smallest absolute Gasteiger partial charge is 0.335 e. The van der Waals surface area contributed by atoms with Crippen LogP contribution in [-0.2, 0) is 4.79 Å². The van der Waals surface area contributed by atoms with Gasteiger partial charge in [-0.25, -0.2) is 4.79 Å². The number of carboxylic acids is 1. The maximum Gasteiger partial charge on any atom is 0.335 e. The van der Waals surface area contributed by atoms with Crippen molar-refractivity contribution in [2.75, 3.05) is 0 Å². The zero-order valence-electron chi connectivity index (χ0n) is 13.5. The molecule has 0 bridgehead atoms. The van der Waals surface area contributed by atoms with Crippen LogP contribution in [0.4, 0.5) is 0 Å². The third kappa shape index (κ3) is 4.15. The molecule has 2 amide bonds. The number of rotatable bonds is 4. The number of aromatic carboxylic acids is 1. The van der Waals surface area contributed by atoms with Gasteiger partial charge in [0.15, 0.2) is 4.32 Å². The molecule has 0 unspecified atom stereocenters. The van der Waals surface area contributed by atoms with Crippen LogP contribution in [0.3, 0.4) is 0 Å². The number of nitrogens with one attached hydrogen (secondary N) is 1. The van der Waals surface area contributed by atoms with Gasteiger partial charge in [0.2, 0.25) is 0 Å². The Morgan fingerprint density at radius 3 is 2.26 bits per heavy atom. The van der Waals surface area contributed by atoms with E-state index >= 15 is 0 Å². The van der Waals surface area contributed by atoms with Crippen molar-refractivity contribution in [2.45, 2.75) is 0 Å². The molecule has 1 heterocycles. The predicted octanol–water partition coefficient (Wildman–Crippen LogP) is 2.00. The molecule has 0 aliphatic carbocycles. The third-order valence-corrected chi connectivity index (χ3v) is 4.88. The van der Waals surface area contributed by atoms with Crippen LogP contribution in [0, 0.1) is 0 Å². The van der Waals surface area contributed by atoms with Gasteiger partial charge in [-0.1, -0.05) is 48.2 Å². The summed E-state index contributed by atoms with van der Waals surface area (Å²) < 4.78 is 0.155. The number of hydrazine groups is 1. The van der Waals surface area contributed by atoms with Gasteiger partial charge in [-0.05, 0) is 36.0 Å². The van der Waals surface area contributed by atoms with Crippen molar-refractivity contribution < 1.29 is 24.6 Å². The van der Waals surface area contributed by atoms with Gasteiger partial charge in [0.05, 0.1) is 10.5 Å². The lowest BCUT2D eigenvalue weighted by Gasteiger charge is -2.16. The van der Waals surface area contributed by atoms with Crippen LogP contribution in [0.1, 0.15) is 26.3 Å². The molecule has 136 valence electrons. The van der Waals surface area contributed by atoms with E-state index < -0.39 is 17.8 Å². The van der Waals surface area contributed by atoms with Crippen molar-refractivity contribution in [3.05, 3.63) is 70.1 Å². The highest BCUT2D eigenvalue weighted by Crippen LogP contribution is 2.31. The minimum Gasteiger partial charge on any atom is -0.872 e. The van der Waals surface area contributed by atoms with Gasteiger partial charge in [-0.3, -0.25) is 15.0 Å². The maximum atomic E-state index is 12.5. The Balaban J connectivity index is 1.75. The molecule has 27 heavy (non-hydrogen) atoms. The van der Waals surface area contributed by atoms with Gasteiger partial charge >= 0.3 is 5.97 Å². The first kappa shape index (κ1) is 18.6. The van der Waals surface area contributed by atoms with Gasteiger partial charge in [0, 0.05) is 5.56 Å². The van der Waals surface area contributed by atoms with Crippen molar-refractivity contribution in [3.63, 3.8) is 0 Å². The molecule has 2 N–H and O–H groups in total. The van der Waals surface area contributed by atoms with Crippen LogP contribution < -0.4 is 10.5 Å². The molecule has 7 nitrogen and oxygen atoms in total. The van der Waals surface area contributed by atoms with E-state index in [4.69, 9.17) is 17.3 Å². The Labute approximate surface area is 163 Å². The van der Waals surface area contributed by atoms with E-state index in [-0.39, 0.29) is 21.2 Å². The van der Waals surface area contributed by atoms with E-state index in [2.05, 4.69) is 5.43 Å². The third-order valence-electron chi connectivity index (χ3n) is 3.58. The Bertz CT molecular complexity index is 968. The summed E-state index contributed by atoms with van der Waals surface area (Å²) in [5.41, 5.74) is 3.39. The Morgan fingerprint density at radius 1 is 1.07 bits per heavy atom. The average molecular weight is 399 g/mol. The molecule has 2 aromatic rings. The lowest BCUT2D eigenvalue weighted by molar-refractivity contribution is -0.268. The summed E-state index contributed by atoms with van der Waals surface area (Å²) in [5.74, 6) is -2.34. The van der Waals surface area contributed by atoms with Crippen LogP contribution in [0.15, 0.2) is 53.4 Å². The van der Waals surface area contributed by atoms with Crippen LogP contribution in [-0.4, -0.2) is 32.2 Å². The number of amides is 2. The quantitative estimate of drug-likeness (QED) is 0.598. The van der Waals surface area contributed by atoms with Gasteiger partial charge < -0.3 is 10.2 Å². The van der Waals surface area contributed by atoms with E-state index in [1.807, 2.05) is 0 Å². The number of thiocarbonyl (C=S) groups is 1. The number of carbonyl (C=O) groups is 3. The lowest BCUT2D eigenvalue weighted by atomic mass is 10.1. The minimum atomic E-state index is -1.04. The summed E-state index contributed by atoms with van der Waals surface area (Å²) >= 11 is 6.15. The standard InChI is InChI=1S/C18H12N2O5S2/c21-13-7-5-11(6-8-13)15(22)19-20-16(23)14(27-18(20)26)9-10-1-3-12(4-2-10)17(24)25/h1-9,21H,(H,19,22)(H,24,25)/p-1/b14-9+. The topological polar surface area (TPSA) is 110 Å². The number of carbonyl (C=O) groups excluding carboxylic acids is 2. The first-order valence-electron chi connectivity index (χ1n) is 7.54. The Kier molecular flexibility index (Phi) is 5.24. The zero-order chi connectivity index (χ0) is 19.6. The normalized spacial score (nSPS) is 15.3. The molecule has 0 spiro atoms. The second kappa shape index (κ2) is 7.60. The summed E-state index contributed by atoms with van der Waals surface area (Å²) in [5, 5.41) is 21.0. The summed E-state index contributed by atoms with van der Waals surface area (Å²) in [6.07, 6.45) is 1.56. The number of nitrogens with zero attached hydrogens (tertiary/aromatic N) is 1. The van der Waals surface area contributed by atoms with E-state index in [0.29, 0.717) is 10.5 Å². The molecule has 9 heteroatoms. The highest BCUT2D eigenvalue weighted by Gasteiger charge is 2.33. The molecule has 0 atom stereocenters. The zero-order valence-corrected chi connectivity index (χ0v) is 15.2. The maximum absolute atomic E-state index is 12.5. The van der Waals surface area contributed by atoms with Crippen molar-refractivity contribution >= 4 is 52.2 Å². The SMILES string of the molecule is O=C(O)c1ccc(/C=C2/SC(=S)N(NC(=O)c3ccc([O-])cc3)C2=O)cc1. The average Bonchev–Trinajstić information content (AvgIpc) is 2.90. The minimum absolute atomic E-state index is 0.135.